The Morgan fingerprint density at radius 3 is 2.87 bits per heavy atom. The number of aromatic nitrogens is 3. The van der Waals surface area contributed by atoms with Gasteiger partial charge in [-0.15, -0.1) is 11.3 Å². The normalized spacial score (nSPS) is 16.6. The van der Waals surface area contributed by atoms with Crippen LogP contribution in [-0.2, 0) is 13.0 Å². The zero-order chi connectivity index (χ0) is 20.8. The average molecular weight is 427 g/mol. The molecule has 1 aliphatic rings. The highest BCUT2D eigenvalue weighted by atomic mass is 32.1. The van der Waals surface area contributed by atoms with E-state index < -0.39 is 0 Å². The van der Waals surface area contributed by atoms with Gasteiger partial charge in [-0.2, -0.15) is 0 Å². The van der Waals surface area contributed by atoms with Crippen LogP contribution in [0.5, 0.6) is 0 Å². The van der Waals surface area contributed by atoms with E-state index in [1.807, 2.05) is 36.7 Å². The van der Waals surface area contributed by atoms with E-state index in [4.69, 9.17) is 14.4 Å². The third kappa shape index (κ3) is 3.19. The highest BCUT2D eigenvalue weighted by Gasteiger charge is 2.33. The minimum atomic E-state index is 0.0543. The topological polar surface area (TPSA) is 58.0 Å². The number of nitrogens with one attached hydrogen (secondary N) is 1. The van der Waals surface area contributed by atoms with E-state index in [2.05, 4.69) is 46.3 Å². The maximum absolute atomic E-state index is 6.01. The summed E-state index contributed by atoms with van der Waals surface area (Å²) in [5, 5.41) is 3.36. The second kappa shape index (κ2) is 7.48. The lowest BCUT2D eigenvalue weighted by atomic mass is 9.94. The lowest BCUT2D eigenvalue weighted by molar-refractivity contribution is 0.195. The van der Waals surface area contributed by atoms with E-state index in [1.165, 1.54) is 22.2 Å². The van der Waals surface area contributed by atoms with Crippen LogP contribution in [-0.4, -0.2) is 26.4 Å². The Morgan fingerprint density at radius 1 is 1.13 bits per heavy atom. The van der Waals surface area contributed by atoms with Crippen molar-refractivity contribution in [1.29, 1.82) is 0 Å². The molecule has 6 rings (SSSR count). The van der Waals surface area contributed by atoms with Crippen LogP contribution in [0.2, 0.25) is 0 Å². The second-order valence-electron chi connectivity index (χ2n) is 7.94. The number of fused-ring (bicyclic) bond motifs is 3. The van der Waals surface area contributed by atoms with Crippen molar-refractivity contribution in [2.45, 2.75) is 25.9 Å². The van der Waals surface area contributed by atoms with Crippen LogP contribution in [0.25, 0.3) is 21.7 Å². The van der Waals surface area contributed by atoms with Crippen LogP contribution in [0.15, 0.2) is 70.6 Å². The Kier molecular flexibility index (Phi) is 4.47. The van der Waals surface area contributed by atoms with E-state index in [-0.39, 0.29) is 6.04 Å². The number of thiophene rings is 1. The van der Waals surface area contributed by atoms with E-state index in [0.717, 1.165) is 41.5 Å². The van der Waals surface area contributed by atoms with Gasteiger partial charge in [0.2, 0.25) is 5.89 Å². The van der Waals surface area contributed by atoms with Crippen molar-refractivity contribution in [2.75, 3.05) is 6.54 Å². The molecule has 5 nitrogen and oxygen atoms in total. The number of aryl methyl sites for hydroxylation is 1. The summed E-state index contributed by atoms with van der Waals surface area (Å²) in [6.45, 7) is 3.67. The zero-order valence-corrected chi connectivity index (χ0v) is 18.0. The van der Waals surface area contributed by atoms with Gasteiger partial charge in [-0.3, -0.25) is 9.88 Å². The standard InChI is InChI=1S/C25H22N4OS/c1-16-21(28-25(30-16)22-10-6-14-31-22)15-29-13-11-18-17-7-2-3-8-19(17)27-23(18)24(29)20-9-4-5-12-26-20/h2-10,12,14,24,27H,11,13,15H2,1H3. The molecule has 0 radical (unpaired) electrons. The molecule has 154 valence electrons. The van der Waals surface area contributed by atoms with Gasteiger partial charge in [-0.05, 0) is 48.6 Å². The fourth-order valence-electron chi connectivity index (χ4n) is 4.61. The Hall–Kier alpha value is -3.22. The lowest BCUT2D eigenvalue weighted by Crippen LogP contribution is -2.36. The summed E-state index contributed by atoms with van der Waals surface area (Å²) in [5.41, 5.74) is 5.87. The molecule has 1 aliphatic heterocycles. The minimum absolute atomic E-state index is 0.0543. The molecule has 0 bridgehead atoms. The van der Waals surface area contributed by atoms with Crippen molar-refractivity contribution in [2.24, 2.45) is 0 Å². The Bertz CT molecular complexity index is 1340. The van der Waals surface area contributed by atoms with Gasteiger partial charge < -0.3 is 9.40 Å². The number of hydrogen-bond acceptors (Lipinski definition) is 5. The maximum atomic E-state index is 6.01. The molecule has 31 heavy (non-hydrogen) atoms. The predicted molar refractivity (Wildman–Crippen MR) is 123 cm³/mol. The van der Waals surface area contributed by atoms with Crippen LogP contribution in [0, 0.1) is 6.92 Å². The summed E-state index contributed by atoms with van der Waals surface area (Å²) in [5.74, 6) is 1.59. The summed E-state index contributed by atoms with van der Waals surface area (Å²) in [7, 11) is 0. The Morgan fingerprint density at radius 2 is 2.03 bits per heavy atom. The molecule has 0 saturated carbocycles. The Labute approximate surface area is 184 Å². The lowest BCUT2D eigenvalue weighted by Gasteiger charge is -2.35. The summed E-state index contributed by atoms with van der Waals surface area (Å²) in [4.78, 5) is 16.8. The smallest absolute Gasteiger partial charge is 0.236 e. The van der Waals surface area contributed by atoms with Gasteiger partial charge in [0, 0.05) is 35.9 Å². The van der Waals surface area contributed by atoms with Crippen molar-refractivity contribution < 1.29 is 4.42 Å². The Balaban J connectivity index is 1.41. The van der Waals surface area contributed by atoms with Gasteiger partial charge in [0.1, 0.15) is 5.76 Å². The summed E-state index contributed by atoms with van der Waals surface area (Å²) in [6.07, 6.45) is 2.87. The molecule has 0 spiro atoms. The fraction of sp³-hybridized carbons (Fsp3) is 0.200. The first-order valence-corrected chi connectivity index (χ1v) is 11.4. The molecule has 0 aliphatic carbocycles. The number of hydrogen-bond donors (Lipinski definition) is 1. The van der Waals surface area contributed by atoms with Gasteiger partial charge >= 0.3 is 0 Å². The largest absolute Gasteiger partial charge is 0.440 e. The summed E-state index contributed by atoms with van der Waals surface area (Å²) < 4.78 is 6.01. The molecule has 1 aromatic carbocycles. The number of nitrogens with zero attached hydrogens (tertiary/aromatic N) is 3. The van der Waals surface area contributed by atoms with Crippen LogP contribution in [0.4, 0.5) is 0 Å². The SMILES string of the molecule is Cc1oc(-c2cccs2)nc1CN1CCc2c([nH]c3ccccc23)C1c1ccccn1. The molecule has 0 fully saturated rings. The molecule has 1 unspecified atom stereocenters. The van der Waals surface area contributed by atoms with Gasteiger partial charge in [-0.1, -0.05) is 30.3 Å². The monoisotopic (exact) mass is 426 g/mol. The van der Waals surface area contributed by atoms with Gasteiger partial charge in [0.25, 0.3) is 0 Å². The molecule has 0 amide bonds. The number of benzene rings is 1. The summed E-state index contributed by atoms with van der Waals surface area (Å²) >= 11 is 1.65. The number of para-hydroxylation sites is 1. The minimum Gasteiger partial charge on any atom is -0.440 e. The maximum Gasteiger partial charge on any atom is 0.236 e. The second-order valence-corrected chi connectivity index (χ2v) is 8.89. The molecule has 4 aromatic heterocycles. The van der Waals surface area contributed by atoms with Crippen molar-refractivity contribution in [1.82, 2.24) is 19.9 Å². The quantitative estimate of drug-likeness (QED) is 0.398. The zero-order valence-electron chi connectivity index (χ0n) is 17.2. The number of rotatable bonds is 4. The predicted octanol–water partition coefficient (Wildman–Crippen LogP) is 5.74. The number of aromatic amines is 1. The molecular weight excluding hydrogens is 404 g/mol. The van der Waals surface area contributed by atoms with Crippen molar-refractivity contribution in [3.05, 3.63) is 94.6 Å². The molecule has 6 heteroatoms. The van der Waals surface area contributed by atoms with Crippen LogP contribution in [0.3, 0.4) is 0 Å². The molecular formula is C25H22N4OS. The molecule has 1 atom stereocenters. The van der Waals surface area contributed by atoms with Crippen molar-refractivity contribution >= 4 is 22.2 Å². The highest BCUT2D eigenvalue weighted by Crippen LogP contribution is 2.38. The van der Waals surface area contributed by atoms with E-state index >= 15 is 0 Å². The first kappa shape index (κ1) is 18.5. The molecule has 5 aromatic rings. The van der Waals surface area contributed by atoms with Gasteiger partial charge in [0.05, 0.1) is 22.3 Å². The van der Waals surface area contributed by atoms with Gasteiger partial charge in [0.15, 0.2) is 0 Å². The van der Waals surface area contributed by atoms with E-state index in [0.29, 0.717) is 5.89 Å². The molecule has 0 saturated heterocycles. The fourth-order valence-corrected chi connectivity index (χ4v) is 5.26. The molecule has 5 heterocycles. The van der Waals surface area contributed by atoms with Crippen LogP contribution in [0.1, 0.15) is 34.4 Å². The van der Waals surface area contributed by atoms with Crippen LogP contribution < -0.4 is 0 Å². The van der Waals surface area contributed by atoms with Crippen molar-refractivity contribution in [3.63, 3.8) is 0 Å². The van der Waals surface area contributed by atoms with Crippen LogP contribution >= 0.6 is 11.3 Å². The molecule has 1 N–H and O–H groups in total. The van der Waals surface area contributed by atoms with Crippen molar-refractivity contribution in [3.8, 4) is 10.8 Å². The third-order valence-electron chi connectivity index (χ3n) is 6.08. The van der Waals surface area contributed by atoms with E-state index in [1.54, 1.807) is 11.3 Å². The number of oxazole rings is 1. The first-order chi connectivity index (χ1) is 15.3. The number of H-pyrrole nitrogens is 1. The third-order valence-corrected chi connectivity index (χ3v) is 6.94. The number of pyridine rings is 1. The average Bonchev–Trinajstić information content (AvgIpc) is 3.53. The van der Waals surface area contributed by atoms with Gasteiger partial charge in [-0.25, -0.2) is 4.98 Å². The summed E-state index contributed by atoms with van der Waals surface area (Å²) in [6, 6.07) is 18.8. The van der Waals surface area contributed by atoms with E-state index in [9.17, 15) is 0 Å². The first-order valence-electron chi connectivity index (χ1n) is 10.5. The highest BCUT2D eigenvalue weighted by molar-refractivity contribution is 7.13.